The number of ether oxygens (including phenoxy) is 3. The number of fused-ring (bicyclic) bond motifs is 2. The molecule has 1 atom stereocenters. The first-order chi connectivity index (χ1) is 38.8. The lowest BCUT2D eigenvalue weighted by molar-refractivity contribution is -0.138. The van der Waals surface area contributed by atoms with Gasteiger partial charge in [0.2, 0.25) is 5.36 Å². The van der Waals surface area contributed by atoms with Gasteiger partial charge in [0.15, 0.2) is 11.0 Å². The summed E-state index contributed by atoms with van der Waals surface area (Å²) >= 11 is 1.29. The second-order valence-corrected chi connectivity index (χ2v) is 19.9. The van der Waals surface area contributed by atoms with Gasteiger partial charge in [0.25, 0.3) is 11.8 Å². The molecular weight excluding hydrogens is 1070 g/mol. The zero-order valence-corrected chi connectivity index (χ0v) is 45.6. The van der Waals surface area contributed by atoms with Crippen LogP contribution in [0.25, 0.3) is 33.4 Å². The van der Waals surface area contributed by atoms with Crippen molar-refractivity contribution in [2.24, 2.45) is 0 Å². The van der Waals surface area contributed by atoms with Crippen LogP contribution in [0.2, 0.25) is 0 Å². The molecule has 0 spiro atoms. The second kappa shape index (κ2) is 26.5. The zero-order chi connectivity index (χ0) is 57.8. The Bertz CT molecular complexity index is 3590. The van der Waals surface area contributed by atoms with Crippen LogP contribution >= 0.6 is 11.8 Å². The summed E-state index contributed by atoms with van der Waals surface area (Å²) in [6.07, 6.45) is -3.89. The van der Waals surface area contributed by atoms with Gasteiger partial charge >= 0.3 is 18.2 Å². The number of nitrogens with one attached hydrogen (secondary N) is 3. The lowest BCUT2D eigenvalue weighted by Gasteiger charge is -2.19. The number of alkyl carbamates (subject to hydrolysis) is 1. The maximum atomic E-state index is 13.7. The molecular formula is C58H58F4N9O9S+. The lowest BCUT2D eigenvalue weighted by Crippen LogP contribution is -2.30. The molecule has 4 N–H and O–H groups in total. The van der Waals surface area contributed by atoms with Gasteiger partial charge in [-0.3, -0.25) is 19.1 Å². The predicted octanol–water partition coefficient (Wildman–Crippen LogP) is 8.67. The topological polar surface area (TPSA) is 215 Å². The van der Waals surface area contributed by atoms with Crippen molar-refractivity contribution in [3.8, 4) is 22.5 Å². The Morgan fingerprint density at radius 1 is 0.802 bits per heavy atom. The Kier molecular flexibility index (Phi) is 19.2. The quantitative estimate of drug-likeness (QED) is 0.0155. The number of anilines is 1. The first-order valence-electron chi connectivity index (χ1n) is 25.5. The SMILES string of the molecule is C[C@H](NC(=O)c1ccccc1C(F)(F)F)c1nnc(SCc2ccc(F)cc2)n1Cc1ccc(COC(=O)NCCOCCOCCNC(=O)c2ccc(C(=O)O)c(-c3c4ccc(=[N+](C)C)cc-4oc4cc(N(C)C)ccc34)c2)nc1. The van der Waals surface area contributed by atoms with Crippen molar-refractivity contribution >= 4 is 52.3 Å². The van der Waals surface area contributed by atoms with Crippen molar-refractivity contribution in [1.29, 1.82) is 0 Å². The van der Waals surface area contributed by atoms with Crippen LogP contribution in [-0.2, 0) is 39.3 Å². The summed E-state index contributed by atoms with van der Waals surface area (Å²) in [6, 6.07) is 28.9. The third-order valence-corrected chi connectivity index (χ3v) is 13.8. The maximum Gasteiger partial charge on any atom is 0.417 e. The number of carboxylic acids is 1. The van der Waals surface area contributed by atoms with Gasteiger partial charge in [-0.1, -0.05) is 42.1 Å². The molecule has 0 fully saturated rings. The van der Waals surface area contributed by atoms with E-state index in [1.54, 1.807) is 48.0 Å². The Morgan fingerprint density at radius 2 is 1.53 bits per heavy atom. The molecule has 8 rings (SSSR count). The Labute approximate surface area is 467 Å². The van der Waals surface area contributed by atoms with Crippen LogP contribution in [0.4, 0.5) is 28.0 Å². The highest BCUT2D eigenvalue weighted by molar-refractivity contribution is 7.98. The fraction of sp³-hybridized carbons (Fsp3) is 0.276. The van der Waals surface area contributed by atoms with Crippen molar-refractivity contribution in [3.05, 3.63) is 178 Å². The van der Waals surface area contributed by atoms with Crippen molar-refractivity contribution in [1.82, 2.24) is 40.3 Å². The number of halogens is 4. The number of amides is 3. The van der Waals surface area contributed by atoms with E-state index in [9.17, 15) is 41.8 Å². The number of hydrogen-bond acceptors (Lipinski definition) is 13. The van der Waals surface area contributed by atoms with Gasteiger partial charge in [0, 0.05) is 79.0 Å². The number of thioether (sulfide) groups is 1. The number of rotatable bonds is 23. The molecule has 0 radical (unpaired) electrons. The second-order valence-electron chi connectivity index (χ2n) is 18.9. The lowest BCUT2D eigenvalue weighted by atomic mass is 9.89. The minimum Gasteiger partial charge on any atom is -0.478 e. The van der Waals surface area contributed by atoms with Crippen molar-refractivity contribution in [3.63, 3.8) is 0 Å². The number of pyridine rings is 1. The molecule has 0 saturated carbocycles. The number of aromatic carboxylic acids is 1. The summed E-state index contributed by atoms with van der Waals surface area (Å²) in [6.45, 7) is 2.60. The van der Waals surface area contributed by atoms with Gasteiger partial charge in [-0.2, -0.15) is 13.2 Å². The van der Waals surface area contributed by atoms with Crippen LogP contribution in [0.3, 0.4) is 0 Å². The van der Waals surface area contributed by atoms with Crippen LogP contribution in [-0.4, -0.2) is 116 Å². The van der Waals surface area contributed by atoms with E-state index in [-0.39, 0.29) is 75.4 Å². The molecule has 2 aliphatic rings. The average molecular weight is 1130 g/mol. The summed E-state index contributed by atoms with van der Waals surface area (Å²) in [7, 11) is 7.67. The van der Waals surface area contributed by atoms with E-state index in [4.69, 9.17) is 18.6 Å². The first kappa shape index (κ1) is 58.5. The summed E-state index contributed by atoms with van der Waals surface area (Å²) < 4.78 is 81.4. The molecule has 3 amide bonds. The highest BCUT2D eigenvalue weighted by Gasteiger charge is 2.35. The molecule has 1 aliphatic carbocycles. The molecule has 0 saturated heterocycles. The maximum absolute atomic E-state index is 13.7. The monoisotopic (exact) mass is 1130 g/mol. The Hall–Kier alpha value is -8.67. The molecule has 2 aromatic heterocycles. The molecule has 81 heavy (non-hydrogen) atoms. The average Bonchev–Trinajstić information content (AvgIpc) is 4.01. The van der Waals surface area contributed by atoms with E-state index in [2.05, 4.69) is 31.1 Å². The van der Waals surface area contributed by atoms with Crippen LogP contribution < -0.4 is 30.8 Å². The minimum absolute atomic E-state index is 0.0253. The third kappa shape index (κ3) is 15.0. The molecule has 6 aromatic rings. The van der Waals surface area contributed by atoms with E-state index < -0.39 is 47.2 Å². The molecule has 23 heteroatoms. The van der Waals surface area contributed by atoms with Gasteiger partial charge in [0.1, 0.15) is 37.9 Å². The van der Waals surface area contributed by atoms with Crippen LogP contribution in [0.5, 0.6) is 0 Å². The minimum atomic E-state index is -4.75. The molecule has 3 heterocycles. The Balaban J connectivity index is 0.779. The fourth-order valence-electron chi connectivity index (χ4n) is 8.56. The van der Waals surface area contributed by atoms with E-state index in [0.717, 1.165) is 28.7 Å². The van der Waals surface area contributed by atoms with Crippen molar-refractivity contribution in [2.45, 2.75) is 43.2 Å². The number of benzene rings is 5. The summed E-state index contributed by atoms with van der Waals surface area (Å²) in [5, 5.41) is 29.0. The van der Waals surface area contributed by atoms with Gasteiger partial charge < -0.3 is 44.6 Å². The molecule has 422 valence electrons. The van der Waals surface area contributed by atoms with Crippen molar-refractivity contribution in [2.75, 3.05) is 72.6 Å². The molecule has 4 aromatic carbocycles. The van der Waals surface area contributed by atoms with Gasteiger partial charge in [0.05, 0.1) is 67.5 Å². The van der Waals surface area contributed by atoms with Gasteiger partial charge in [-0.05, 0) is 90.3 Å². The normalized spacial score (nSPS) is 11.8. The van der Waals surface area contributed by atoms with Crippen LogP contribution in [0, 0.1) is 5.82 Å². The van der Waals surface area contributed by atoms with E-state index >= 15 is 0 Å². The largest absolute Gasteiger partial charge is 0.478 e. The number of nitrogens with zero attached hydrogens (tertiary/aromatic N) is 6. The van der Waals surface area contributed by atoms with Gasteiger partial charge in [-0.15, -0.1) is 10.2 Å². The smallest absolute Gasteiger partial charge is 0.417 e. The predicted molar refractivity (Wildman–Crippen MR) is 295 cm³/mol. The van der Waals surface area contributed by atoms with Crippen molar-refractivity contribution < 1.29 is 60.5 Å². The van der Waals surface area contributed by atoms with Gasteiger partial charge in [-0.25, -0.2) is 18.6 Å². The van der Waals surface area contributed by atoms with E-state index in [1.165, 1.54) is 48.2 Å². The summed E-state index contributed by atoms with van der Waals surface area (Å²) in [4.78, 5) is 58.1. The number of carbonyl (C=O) groups excluding carboxylic acids is 3. The van der Waals surface area contributed by atoms with Crippen LogP contribution in [0.15, 0.2) is 131 Å². The third-order valence-electron chi connectivity index (χ3n) is 12.7. The Morgan fingerprint density at radius 3 is 2.22 bits per heavy atom. The number of carbonyl (C=O) groups is 4. The number of aromatic nitrogens is 4. The van der Waals surface area contributed by atoms with Crippen LogP contribution in [0.1, 0.15) is 72.2 Å². The fourth-order valence-corrected chi connectivity index (χ4v) is 9.46. The number of alkyl halides is 3. The van der Waals surface area contributed by atoms with E-state index in [1.807, 2.05) is 74.1 Å². The molecule has 0 unspecified atom stereocenters. The summed E-state index contributed by atoms with van der Waals surface area (Å²) in [5.41, 5.74) is 3.69. The zero-order valence-electron chi connectivity index (χ0n) is 44.8. The standard InChI is InChI=1S/C58H57F4N9O9S/c1-35(66-54(73)44-8-6-7-9-48(44)58(60,61)62)52-67-68-56(81-34-36-10-14-39(59)15-11-36)71(52)32-37-12-16-40(65-31-37)33-79-57(76)64-23-25-78-27-26-77-24-22-63-53(72)38-13-19-43(55(74)75)47(28-38)51-45-20-17-41(69(2)3)29-49(45)80-50-30-42(70(4)5)18-21-46(50)51/h6-21,28-31,35H,22-27,32-34H2,1-5H3,(H3-,63,64,66,72,73,74,75,76)/p+1/t35-/m0/s1. The highest BCUT2D eigenvalue weighted by atomic mass is 32.2. The highest BCUT2D eigenvalue weighted by Crippen LogP contribution is 2.42. The molecule has 1 aliphatic heterocycles. The molecule has 0 bridgehead atoms. The number of carboxylic acid groups (broad SMARTS) is 1. The number of hydrogen-bond donors (Lipinski definition) is 4. The first-order valence-corrected chi connectivity index (χ1v) is 26.4. The summed E-state index contributed by atoms with van der Waals surface area (Å²) in [5.74, 6) is -1.69. The molecule has 18 nitrogen and oxygen atoms in total. The van der Waals surface area contributed by atoms with E-state index in [0.29, 0.717) is 55.6 Å².